The summed E-state index contributed by atoms with van der Waals surface area (Å²) < 4.78 is 5.45. The second kappa shape index (κ2) is 6.74. The Morgan fingerprint density at radius 3 is 2.50 bits per heavy atom. The van der Waals surface area contributed by atoms with Gasteiger partial charge in [-0.2, -0.15) is 0 Å². The Labute approximate surface area is 98.5 Å². The summed E-state index contributed by atoms with van der Waals surface area (Å²) in [6.45, 7) is 7.72. The van der Waals surface area contributed by atoms with Gasteiger partial charge >= 0.3 is 6.09 Å². The number of nitrogens with zero attached hydrogens (tertiary/aromatic N) is 2. The average Bonchev–Trinajstić information content (AvgIpc) is 2.50. The first kappa shape index (κ1) is 13.3. The van der Waals surface area contributed by atoms with Crippen LogP contribution in [-0.4, -0.2) is 55.2 Å². The van der Waals surface area contributed by atoms with Crippen molar-refractivity contribution in [2.75, 3.05) is 33.2 Å². The lowest BCUT2D eigenvalue weighted by atomic mass is 10.2. The third-order valence-electron chi connectivity index (χ3n) is 3.16. The van der Waals surface area contributed by atoms with E-state index in [1.54, 1.807) is 0 Å². The summed E-state index contributed by atoms with van der Waals surface area (Å²) in [5, 5.41) is 0. The number of carbonyl (C=O) groups is 1. The van der Waals surface area contributed by atoms with Gasteiger partial charge in [0.2, 0.25) is 0 Å². The molecule has 1 amide bonds. The SMILES string of the molecule is CCC(CC)OC(=O)N1CCCN(C)CC1. The Morgan fingerprint density at radius 2 is 1.88 bits per heavy atom. The third-order valence-corrected chi connectivity index (χ3v) is 3.16. The van der Waals surface area contributed by atoms with Crippen LogP contribution in [0, 0.1) is 0 Å². The Bertz CT molecular complexity index is 217. The van der Waals surface area contributed by atoms with Crippen LogP contribution in [0.5, 0.6) is 0 Å². The van der Waals surface area contributed by atoms with Crippen molar-refractivity contribution in [1.29, 1.82) is 0 Å². The lowest BCUT2D eigenvalue weighted by molar-refractivity contribution is 0.0602. The van der Waals surface area contributed by atoms with Gasteiger partial charge in [-0.1, -0.05) is 13.8 Å². The number of carbonyl (C=O) groups excluding carboxylic acids is 1. The van der Waals surface area contributed by atoms with Gasteiger partial charge in [-0.3, -0.25) is 0 Å². The lowest BCUT2D eigenvalue weighted by Gasteiger charge is -2.23. The van der Waals surface area contributed by atoms with Crippen LogP contribution in [0.2, 0.25) is 0 Å². The summed E-state index contributed by atoms with van der Waals surface area (Å²) in [5.41, 5.74) is 0. The quantitative estimate of drug-likeness (QED) is 0.740. The molecule has 0 bridgehead atoms. The van der Waals surface area contributed by atoms with Crippen LogP contribution >= 0.6 is 0 Å². The van der Waals surface area contributed by atoms with E-state index < -0.39 is 0 Å². The highest BCUT2D eigenvalue weighted by Gasteiger charge is 2.20. The molecule has 0 saturated carbocycles. The highest BCUT2D eigenvalue weighted by molar-refractivity contribution is 5.67. The van der Waals surface area contributed by atoms with Crippen LogP contribution in [0.3, 0.4) is 0 Å². The first-order chi connectivity index (χ1) is 7.67. The van der Waals surface area contributed by atoms with Crippen LogP contribution in [-0.2, 0) is 4.74 Å². The van der Waals surface area contributed by atoms with Crippen molar-refractivity contribution >= 4 is 6.09 Å². The molecule has 94 valence electrons. The molecule has 0 aromatic rings. The Hall–Kier alpha value is -0.770. The fourth-order valence-electron chi connectivity index (χ4n) is 1.90. The summed E-state index contributed by atoms with van der Waals surface area (Å²) in [6, 6.07) is 0. The third kappa shape index (κ3) is 4.00. The van der Waals surface area contributed by atoms with E-state index >= 15 is 0 Å². The van der Waals surface area contributed by atoms with Crippen molar-refractivity contribution in [3.8, 4) is 0 Å². The maximum absolute atomic E-state index is 11.9. The molecular weight excluding hydrogens is 204 g/mol. The van der Waals surface area contributed by atoms with Crippen molar-refractivity contribution in [2.24, 2.45) is 0 Å². The van der Waals surface area contributed by atoms with Gasteiger partial charge in [0.25, 0.3) is 0 Å². The fourth-order valence-corrected chi connectivity index (χ4v) is 1.90. The van der Waals surface area contributed by atoms with Crippen molar-refractivity contribution in [2.45, 2.75) is 39.2 Å². The summed E-state index contributed by atoms with van der Waals surface area (Å²) in [6.07, 6.45) is 2.78. The van der Waals surface area contributed by atoms with Gasteiger partial charge in [0.05, 0.1) is 0 Å². The zero-order chi connectivity index (χ0) is 12.0. The largest absolute Gasteiger partial charge is 0.446 e. The maximum atomic E-state index is 11.9. The van der Waals surface area contributed by atoms with Crippen LogP contribution in [0.1, 0.15) is 33.1 Å². The van der Waals surface area contributed by atoms with Crippen LogP contribution < -0.4 is 0 Å². The molecule has 0 spiro atoms. The van der Waals surface area contributed by atoms with E-state index in [2.05, 4.69) is 25.8 Å². The van der Waals surface area contributed by atoms with Gasteiger partial charge in [0.15, 0.2) is 0 Å². The van der Waals surface area contributed by atoms with Crippen LogP contribution in [0.15, 0.2) is 0 Å². The van der Waals surface area contributed by atoms with E-state index in [1.165, 1.54) is 0 Å². The molecule has 0 N–H and O–H groups in total. The molecule has 1 rings (SSSR count). The molecule has 1 aliphatic heterocycles. The molecule has 4 nitrogen and oxygen atoms in total. The normalized spacial score (nSPS) is 18.6. The molecule has 4 heteroatoms. The molecule has 0 radical (unpaired) electrons. The van der Waals surface area contributed by atoms with Gasteiger partial charge in [0, 0.05) is 19.6 Å². The van der Waals surface area contributed by atoms with Gasteiger partial charge in [0.1, 0.15) is 6.10 Å². The molecular formula is C12H24N2O2. The number of hydrogen-bond acceptors (Lipinski definition) is 3. The predicted octanol–water partition coefficient (Wildman–Crippen LogP) is 1.95. The minimum absolute atomic E-state index is 0.0773. The van der Waals surface area contributed by atoms with Crippen molar-refractivity contribution in [3.63, 3.8) is 0 Å². The number of hydrogen-bond donors (Lipinski definition) is 0. The molecule has 16 heavy (non-hydrogen) atoms. The maximum Gasteiger partial charge on any atom is 0.410 e. The zero-order valence-corrected chi connectivity index (χ0v) is 10.7. The Balaban J connectivity index is 2.40. The molecule has 1 saturated heterocycles. The van der Waals surface area contributed by atoms with Crippen molar-refractivity contribution < 1.29 is 9.53 Å². The first-order valence-corrected chi connectivity index (χ1v) is 6.31. The summed E-state index contributed by atoms with van der Waals surface area (Å²) in [4.78, 5) is 16.0. The molecule has 1 heterocycles. The minimum Gasteiger partial charge on any atom is -0.446 e. The molecule has 0 atom stereocenters. The van der Waals surface area contributed by atoms with Crippen LogP contribution in [0.25, 0.3) is 0 Å². The fraction of sp³-hybridized carbons (Fsp3) is 0.917. The van der Waals surface area contributed by atoms with E-state index in [-0.39, 0.29) is 12.2 Å². The molecule has 0 aliphatic carbocycles. The molecule has 0 unspecified atom stereocenters. The number of ether oxygens (including phenoxy) is 1. The van der Waals surface area contributed by atoms with Gasteiger partial charge < -0.3 is 14.5 Å². The van der Waals surface area contributed by atoms with Crippen molar-refractivity contribution in [3.05, 3.63) is 0 Å². The monoisotopic (exact) mass is 228 g/mol. The van der Waals surface area contributed by atoms with Gasteiger partial charge in [-0.05, 0) is 32.9 Å². The topological polar surface area (TPSA) is 32.8 Å². The number of rotatable bonds is 3. The van der Waals surface area contributed by atoms with E-state index in [0.29, 0.717) is 0 Å². The number of amides is 1. The summed E-state index contributed by atoms with van der Waals surface area (Å²) >= 11 is 0. The number of likely N-dealkylation sites (N-methyl/N-ethyl adjacent to an activating group) is 1. The zero-order valence-electron chi connectivity index (χ0n) is 10.7. The second-order valence-corrected chi connectivity index (χ2v) is 4.47. The van der Waals surface area contributed by atoms with Crippen molar-refractivity contribution in [1.82, 2.24) is 9.80 Å². The highest BCUT2D eigenvalue weighted by atomic mass is 16.6. The molecule has 0 aromatic carbocycles. The smallest absolute Gasteiger partial charge is 0.410 e. The van der Waals surface area contributed by atoms with E-state index in [1.807, 2.05) is 4.90 Å². The standard InChI is InChI=1S/C12H24N2O2/c1-4-11(5-2)16-12(15)14-8-6-7-13(3)9-10-14/h11H,4-10H2,1-3H3. The first-order valence-electron chi connectivity index (χ1n) is 6.31. The van der Waals surface area contributed by atoms with Gasteiger partial charge in [-0.15, -0.1) is 0 Å². The molecule has 0 aromatic heterocycles. The Morgan fingerprint density at radius 1 is 1.19 bits per heavy atom. The second-order valence-electron chi connectivity index (χ2n) is 4.47. The summed E-state index contributed by atoms with van der Waals surface area (Å²) in [5.74, 6) is 0. The van der Waals surface area contributed by atoms with E-state index in [9.17, 15) is 4.79 Å². The van der Waals surface area contributed by atoms with Gasteiger partial charge in [-0.25, -0.2) is 4.79 Å². The van der Waals surface area contributed by atoms with E-state index in [0.717, 1.165) is 45.4 Å². The summed E-state index contributed by atoms with van der Waals surface area (Å²) in [7, 11) is 2.09. The molecule has 1 fully saturated rings. The van der Waals surface area contributed by atoms with Crippen LogP contribution in [0.4, 0.5) is 4.79 Å². The van der Waals surface area contributed by atoms with E-state index in [4.69, 9.17) is 4.74 Å². The predicted molar refractivity (Wildman–Crippen MR) is 64.5 cm³/mol. The minimum atomic E-state index is -0.135. The highest BCUT2D eigenvalue weighted by Crippen LogP contribution is 2.08. The Kier molecular flexibility index (Phi) is 5.60. The molecule has 1 aliphatic rings. The lowest BCUT2D eigenvalue weighted by Crippen LogP contribution is -2.36. The average molecular weight is 228 g/mol.